The average Bonchev–Trinajstić information content (AvgIpc) is 2.79. The van der Waals surface area contributed by atoms with E-state index in [1.165, 1.54) is 47.4 Å². The van der Waals surface area contributed by atoms with Crippen LogP contribution in [0.3, 0.4) is 0 Å². The first-order chi connectivity index (χ1) is 15.8. The second kappa shape index (κ2) is 10.4. The number of carbonyl (C=O) groups is 4. The molecule has 33 heavy (non-hydrogen) atoms. The summed E-state index contributed by atoms with van der Waals surface area (Å²) >= 11 is 0. The SMILES string of the molecule is CCOC(=O)CCC(=O)c1ccc2c(c1)N(CC(=O)Nc1ccc([N+](=O)[O-])cc1)C(=O)CO2. The Bertz CT molecular complexity index is 1100. The molecule has 1 heterocycles. The maximum Gasteiger partial charge on any atom is 0.306 e. The lowest BCUT2D eigenvalue weighted by molar-refractivity contribution is -0.384. The molecule has 0 saturated heterocycles. The minimum atomic E-state index is -0.555. The van der Waals surface area contributed by atoms with Crippen LogP contribution < -0.4 is 15.0 Å². The van der Waals surface area contributed by atoms with Gasteiger partial charge in [0.25, 0.3) is 11.6 Å². The Morgan fingerprint density at radius 3 is 2.55 bits per heavy atom. The molecule has 0 atom stereocenters. The number of Topliss-reactive ketones (excluding diaryl/α,β-unsaturated/α-hetero) is 1. The van der Waals surface area contributed by atoms with Crippen LogP contribution >= 0.6 is 0 Å². The molecule has 172 valence electrons. The van der Waals surface area contributed by atoms with Crippen LogP contribution in [0.5, 0.6) is 5.75 Å². The summed E-state index contributed by atoms with van der Waals surface area (Å²) in [6.45, 7) is 1.27. The predicted octanol–water partition coefficient (Wildman–Crippen LogP) is 2.48. The second-order valence-electron chi connectivity index (χ2n) is 7.03. The van der Waals surface area contributed by atoms with Crippen molar-refractivity contribution in [3.63, 3.8) is 0 Å². The summed E-state index contributed by atoms with van der Waals surface area (Å²) in [5, 5.41) is 13.3. The largest absolute Gasteiger partial charge is 0.482 e. The van der Waals surface area contributed by atoms with Crippen molar-refractivity contribution in [2.45, 2.75) is 19.8 Å². The first kappa shape index (κ1) is 23.4. The van der Waals surface area contributed by atoms with E-state index in [2.05, 4.69) is 5.32 Å². The quantitative estimate of drug-likeness (QED) is 0.263. The van der Waals surface area contributed by atoms with Crippen molar-refractivity contribution in [1.82, 2.24) is 0 Å². The highest BCUT2D eigenvalue weighted by Gasteiger charge is 2.28. The van der Waals surface area contributed by atoms with Gasteiger partial charge in [-0.1, -0.05) is 0 Å². The molecule has 0 saturated carbocycles. The van der Waals surface area contributed by atoms with Crippen molar-refractivity contribution in [1.29, 1.82) is 0 Å². The maximum atomic E-state index is 12.5. The van der Waals surface area contributed by atoms with Crippen LogP contribution in [0.2, 0.25) is 0 Å². The van der Waals surface area contributed by atoms with Crippen molar-refractivity contribution in [2.24, 2.45) is 0 Å². The van der Waals surface area contributed by atoms with Crippen molar-refractivity contribution < 1.29 is 33.6 Å². The highest BCUT2D eigenvalue weighted by Crippen LogP contribution is 2.33. The molecule has 0 aromatic heterocycles. The number of nitro groups is 1. The van der Waals surface area contributed by atoms with Gasteiger partial charge < -0.3 is 14.8 Å². The molecule has 2 aromatic rings. The van der Waals surface area contributed by atoms with Crippen LogP contribution in [0.4, 0.5) is 17.1 Å². The van der Waals surface area contributed by atoms with E-state index in [0.29, 0.717) is 11.4 Å². The smallest absolute Gasteiger partial charge is 0.306 e. The topological polar surface area (TPSA) is 145 Å². The first-order valence-electron chi connectivity index (χ1n) is 10.1. The average molecular weight is 455 g/mol. The van der Waals surface area contributed by atoms with E-state index in [9.17, 15) is 29.3 Å². The fraction of sp³-hybridized carbons (Fsp3) is 0.273. The van der Waals surface area contributed by atoms with Crippen molar-refractivity contribution in [2.75, 3.05) is 30.0 Å². The number of benzene rings is 2. The number of hydrogen-bond acceptors (Lipinski definition) is 8. The van der Waals surface area contributed by atoms with Gasteiger partial charge in [0, 0.05) is 29.8 Å². The normalized spacial score (nSPS) is 12.4. The predicted molar refractivity (Wildman–Crippen MR) is 116 cm³/mol. The van der Waals surface area contributed by atoms with E-state index in [-0.39, 0.29) is 55.3 Å². The molecule has 11 nitrogen and oxygen atoms in total. The molecule has 3 rings (SSSR count). The van der Waals surface area contributed by atoms with Crippen molar-refractivity contribution >= 4 is 40.6 Å². The zero-order valence-corrected chi connectivity index (χ0v) is 17.7. The number of amides is 2. The summed E-state index contributed by atoms with van der Waals surface area (Å²) in [6, 6.07) is 9.76. The Morgan fingerprint density at radius 1 is 1.15 bits per heavy atom. The Balaban J connectivity index is 1.72. The molecule has 0 aliphatic carbocycles. The van der Waals surface area contributed by atoms with Gasteiger partial charge in [-0.2, -0.15) is 0 Å². The number of nitrogens with one attached hydrogen (secondary N) is 1. The van der Waals surface area contributed by atoms with Crippen LogP contribution in [0.1, 0.15) is 30.1 Å². The third-order valence-electron chi connectivity index (χ3n) is 4.75. The molecule has 11 heteroatoms. The number of anilines is 2. The molecule has 0 bridgehead atoms. The minimum Gasteiger partial charge on any atom is -0.482 e. The summed E-state index contributed by atoms with van der Waals surface area (Å²) < 4.78 is 10.2. The number of nitrogens with zero attached hydrogens (tertiary/aromatic N) is 2. The third-order valence-corrected chi connectivity index (χ3v) is 4.75. The number of hydrogen-bond donors (Lipinski definition) is 1. The van der Waals surface area contributed by atoms with Crippen LogP contribution in [0, 0.1) is 10.1 Å². The van der Waals surface area contributed by atoms with E-state index < -0.39 is 22.7 Å². The Labute approximate surface area is 188 Å². The molecule has 0 fully saturated rings. The summed E-state index contributed by atoms with van der Waals surface area (Å²) in [7, 11) is 0. The van der Waals surface area contributed by atoms with Crippen molar-refractivity contribution in [3.05, 3.63) is 58.1 Å². The number of ketones is 1. The van der Waals surface area contributed by atoms with Crippen LogP contribution in [-0.2, 0) is 19.1 Å². The van der Waals surface area contributed by atoms with Crippen molar-refractivity contribution in [3.8, 4) is 5.75 Å². The number of non-ortho nitro benzene ring substituents is 1. The highest BCUT2D eigenvalue weighted by atomic mass is 16.6. The minimum absolute atomic E-state index is 0.0624. The molecular weight excluding hydrogens is 434 g/mol. The zero-order valence-electron chi connectivity index (χ0n) is 17.7. The highest BCUT2D eigenvalue weighted by molar-refractivity contribution is 6.06. The molecule has 2 aromatic carbocycles. The van der Waals surface area contributed by atoms with E-state index in [1.807, 2.05) is 0 Å². The molecule has 1 aliphatic heterocycles. The van der Waals surface area contributed by atoms with Gasteiger partial charge in [-0.25, -0.2) is 0 Å². The lowest BCUT2D eigenvalue weighted by Crippen LogP contribution is -2.43. The van der Waals surface area contributed by atoms with Crippen LogP contribution in [-0.4, -0.2) is 48.2 Å². The van der Waals surface area contributed by atoms with Crippen LogP contribution in [0.15, 0.2) is 42.5 Å². The monoisotopic (exact) mass is 455 g/mol. The van der Waals surface area contributed by atoms with Gasteiger partial charge in [-0.15, -0.1) is 0 Å². The van der Waals surface area contributed by atoms with Gasteiger partial charge >= 0.3 is 5.97 Å². The number of ether oxygens (including phenoxy) is 2. The lowest BCUT2D eigenvalue weighted by atomic mass is 10.0. The Morgan fingerprint density at radius 2 is 1.88 bits per heavy atom. The third kappa shape index (κ3) is 5.91. The summed E-state index contributed by atoms with van der Waals surface area (Å²) in [4.78, 5) is 60.3. The number of nitro benzene ring substituents is 1. The molecule has 0 radical (unpaired) electrons. The van der Waals surface area contributed by atoms with E-state index in [0.717, 1.165) is 0 Å². The molecule has 2 amide bonds. The lowest BCUT2D eigenvalue weighted by Gasteiger charge is -2.29. The van der Waals surface area contributed by atoms with Gasteiger partial charge in [0.15, 0.2) is 12.4 Å². The number of fused-ring (bicyclic) bond motifs is 1. The fourth-order valence-electron chi connectivity index (χ4n) is 3.15. The summed E-state index contributed by atoms with van der Waals surface area (Å²) in [6.07, 6.45) is -0.131. The zero-order chi connectivity index (χ0) is 24.0. The molecule has 0 unspecified atom stereocenters. The van der Waals surface area contributed by atoms with Gasteiger partial charge in [-0.3, -0.25) is 34.2 Å². The van der Waals surface area contributed by atoms with Gasteiger partial charge in [0.05, 0.1) is 23.6 Å². The standard InChI is InChI=1S/C22H21N3O8/c1-2-32-22(29)10-8-18(26)14-3-9-19-17(11-14)24(21(28)13-33-19)12-20(27)23-15-4-6-16(7-5-15)25(30)31/h3-7,9,11H,2,8,10,12-13H2,1H3,(H,23,27). The van der Waals surface area contributed by atoms with Gasteiger partial charge in [0.1, 0.15) is 12.3 Å². The number of esters is 1. The van der Waals surface area contributed by atoms with Crippen LogP contribution in [0.25, 0.3) is 0 Å². The molecule has 1 N–H and O–H groups in total. The molecule has 0 spiro atoms. The summed E-state index contributed by atoms with van der Waals surface area (Å²) in [5.41, 5.74) is 0.726. The fourth-order valence-corrected chi connectivity index (χ4v) is 3.15. The molecular formula is C22H21N3O8. The first-order valence-corrected chi connectivity index (χ1v) is 10.1. The maximum absolute atomic E-state index is 12.5. The number of carbonyl (C=O) groups excluding carboxylic acids is 4. The van der Waals surface area contributed by atoms with Gasteiger partial charge in [0.2, 0.25) is 5.91 Å². The van der Waals surface area contributed by atoms with E-state index >= 15 is 0 Å². The van der Waals surface area contributed by atoms with Gasteiger partial charge in [-0.05, 0) is 37.3 Å². The number of rotatable bonds is 9. The van der Waals surface area contributed by atoms with E-state index in [1.54, 1.807) is 6.92 Å². The second-order valence-corrected chi connectivity index (χ2v) is 7.03. The Hall–Kier alpha value is -4.28. The summed E-state index contributed by atoms with van der Waals surface area (Å²) in [5.74, 6) is -1.48. The van der Waals surface area contributed by atoms with E-state index in [4.69, 9.17) is 9.47 Å². The Kier molecular flexibility index (Phi) is 7.34. The molecule has 1 aliphatic rings.